The summed E-state index contributed by atoms with van der Waals surface area (Å²) in [7, 11) is 0. The Balaban J connectivity index is 3.58. The molecule has 0 bridgehead atoms. The predicted molar refractivity (Wildman–Crippen MR) is 39.3 cm³/mol. The molecule has 50 valence electrons. The van der Waals surface area contributed by atoms with Gasteiger partial charge in [-0.3, -0.25) is 0 Å². The van der Waals surface area contributed by atoms with Crippen LogP contribution in [0.5, 0.6) is 0 Å². The summed E-state index contributed by atoms with van der Waals surface area (Å²) in [5.41, 5.74) is -0.532. The minimum Gasteiger partial charge on any atom is -0.444 e. The first-order valence-electron chi connectivity index (χ1n) is 2.34. The molecule has 1 atom stereocenters. The maximum absolute atomic E-state index is 10.3. The number of carbonyl (C=O) groups excluding carboxylic acids is 1. The second-order valence-electron chi connectivity index (χ2n) is 1.27. The second-order valence-corrected chi connectivity index (χ2v) is 1.78. The molecule has 9 heavy (non-hydrogen) atoms. The van der Waals surface area contributed by atoms with Crippen LogP contribution in [0.1, 0.15) is 0 Å². The van der Waals surface area contributed by atoms with Crippen molar-refractivity contribution in [3.05, 3.63) is 25.3 Å². The molecule has 0 aliphatic heterocycles. The van der Waals surface area contributed by atoms with Crippen molar-refractivity contribution in [1.82, 2.24) is 0 Å². The number of esters is 1. The smallest absolute Gasteiger partial charge is 0.331 e. The van der Waals surface area contributed by atoms with Crippen LogP contribution in [-0.4, -0.2) is 11.4 Å². The van der Waals surface area contributed by atoms with E-state index in [2.05, 4.69) is 30.5 Å². The first kappa shape index (κ1) is 8.30. The van der Waals surface area contributed by atoms with Gasteiger partial charge in [0, 0.05) is 6.08 Å². The van der Waals surface area contributed by atoms with Crippen molar-refractivity contribution in [2.75, 3.05) is 0 Å². The molecule has 0 N–H and O–H groups in total. The fraction of sp³-hybridized carbons (Fsp3) is 0.167. The van der Waals surface area contributed by atoms with Gasteiger partial charge in [0.05, 0.1) is 0 Å². The molecule has 0 rings (SSSR count). The topological polar surface area (TPSA) is 26.3 Å². The van der Waals surface area contributed by atoms with Gasteiger partial charge in [0.2, 0.25) is 0 Å². The summed E-state index contributed by atoms with van der Waals surface area (Å²) < 4.78 is 4.54. The Hall–Kier alpha value is -0.700. The lowest BCUT2D eigenvalue weighted by Crippen LogP contribution is -2.06. The minimum absolute atomic E-state index is 0.491. The first-order valence-corrected chi connectivity index (χ1v) is 2.86. The van der Waals surface area contributed by atoms with Crippen LogP contribution in [0.15, 0.2) is 25.3 Å². The maximum Gasteiger partial charge on any atom is 0.331 e. The van der Waals surface area contributed by atoms with Crippen molar-refractivity contribution < 1.29 is 9.53 Å². The average molecular weight is 144 g/mol. The number of hydrogen-bond acceptors (Lipinski definition) is 3. The monoisotopic (exact) mass is 144 g/mol. The van der Waals surface area contributed by atoms with Crippen LogP contribution in [0.3, 0.4) is 0 Å². The van der Waals surface area contributed by atoms with Gasteiger partial charge in [-0.15, -0.1) is 12.6 Å². The van der Waals surface area contributed by atoms with Crippen LogP contribution in [-0.2, 0) is 9.53 Å². The van der Waals surface area contributed by atoms with E-state index >= 15 is 0 Å². The molecule has 0 saturated heterocycles. The molecule has 0 aromatic heterocycles. The van der Waals surface area contributed by atoms with E-state index in [9.17, 15) is 4.79 Å². The van der Waals surface area contributed by atoms with Gasteiger partial charge in [-0.25, -0.2) is 4.79 Å². The van der Waals surface area contributed by atoms with E-state index in [0.29, 0.717) is 0 Å². The van der Waals surface area contributed by atoms with Crippen LogP contribution in [0.25, 0.3) is 0 Å². The molecule has 0 heterocycles. The fourth-order valence-corrected chi connectivity index (χ4v) is 0.319. The number of ether oxygens (including phenoxy) is 1. The highest BCUT2D eigenvalue weighted by atomic mass is 32.1. The molecule has 3 heteroatoms. The van der Waals surface area contributed by atoms with Crippen molar-refractivity contribution in [2.45, 2.75) is 5.44 Å². The Morgan fingerprint density at radius 3 is 2.56 bits per heavy atom. The average Bonchev–Trinajstić information content (AvgIpc) is 1.87. The number of hydrogen-bond donors (Lipinski definition) is 1. The normalized spacial score (nSPS) is 11.7. The molecular weight excluding hydrogens is 136 g/mol. The third-order valence-corrected chi connectivity index (χ3v) is 0.921. The van der Waals surface area contributed by atoms with Crippen LogP contribution in [0, 0.1) is 0 Å². The Labute approximate surface area is 59.6 Å². The quantitative estimate of drug-likeness (QED) is 0.211. The van der Waals surface area contributed by atoms with Crippen molar-refractivity contribution in [3.63, 3.8) is 0 Å². The summed E-state index contributed by atoms with van der Waals surface area (Å²) in [6, 6.07) is 0. The minimum atomic E-state index is -0.532. The Kier molecular flexibility index (Phi) is 3.88. The lowest BCUT2D eigenvalue weighted by atomic mass is 10.6. The first-order chi connectivity index (χ1) is 4.20. The highest BCUT2D eigenvalue weighted by molar-refractivity contribution is 7.81. The highest BCUT2D eigenvalue weighted by Crippen LogP contribution is 1.97. The third kappa shape index (κ3) is 3.85. The fourth-order valence-electron chi connectivity index (χ4n) is 0.215. The van der Waals surface area contributed by atoms with E-state index in [1.165, 1.54) is 6.08 Å². The molecule has 0 aliphatic rings. The van der Waals surface area contributed by atoms with Gasteiger partial charge in [0.25, 0.3) is 0 Å². The van der Waals surface area contributed by atoms with Crippen LogP contribution in [0.4, 0.5) is 0 Å². The molecule has 0 aromatic carbocycles. The SMILES string of the molecule is C=CC(=O)OC(S)C=C. The largest absolute Gasteiger partial charge is 0.444 e. The van der Waals surface area contributed by atoms with E-state index in [0.717, 1.165) is 6.08 Å². The zero-order chi connectivity index (χ0) is 7.28. The van der Waals surface area contributed by atoms with Crippen LogP contribution < -0.4 is 0 Å². The summed E-state index contributed by atoms with van der Waals surface area (Å²) >= 11 is 3.81. The van der Waals surface area contributed by atoms with Gasteiger partial charge in [-0.05, 0) is 6.08 Å². The summed E-state index contributed by atoms with van der Waals surface area (Å²) in [6.45, 7) is 6.57. The van der Waals surface area contributed by atoms with Crippen molar-refractivity contribution in [2.24, 2.45) is 0 Å². The zero-order valence-corrected chi connectivity index (χ0v) is 5.80. The highest BCUT2D eigenvalue weighted by Gasteiger charge is 1.99. The maximum atomic E-state index is 10.3. The lowest BCUT2D eigenvalue weighted by Gasteiger charge is -2.03. The standard InChI is InChI=1S/C6H8O2S/c1-3-5(7)8-6(9)4-2/h3-4,6,9H,1-2H2. The molecule has 0 spiro atoms. The summed E-state index contributed by atoms with van der Waals surface area (Å²) in [5, 5.41) is 0. The van der Waals surface area contributed by atoms with Crippen molar-refractivity contribution in [1.29, 1.82) is 0 Å². The summed E-state index contributed by atoms with van der Waals surface area (Å²) in [6.07, 6.45) is 2.48. The van der Waals surface area contributed by atoms with Crippen LogP contribution in [0.2, 0.25) is 0 Å². The van der Waals surface area contributed by atoms with E-state index in [-0.39, 0.29) is 0 Å². The van der Waals surface area contributed by atoms with Gasteiger partial charge < -0.3 is 4.74 Å². The second kappa shape index (κ2) is 4.21. The Morgan fingerprint density at radius 2 is 2.22 bits per heavy atom. The predicted octanol–water partition coefficient (Wildman–Crippen LogP) is 1.16. The molecule has 0 fully saturated rings. The molecular formula is C6H8O2S. The van der Waals surface area contributed by atoms with E-state index < -0.39 is 11.4 Å². The number of rotatable bonds is 3. The van der Waals surface area contributed by atoms with E-state index in [1.54, 1.807) is 0 Å². The molecule has 0 amide bonds. The van der Waals surface area contributed by atoms with Gasteiger partial charge in [0.15, 0.2) is 5.44 Å². The summed E-state index contributed by atoms with van der Waals surface area (Å²) in [5.74, 6) is -0.491. The molecule has 0 saturated carbocycles. The van der Waals surface area contributed by atoms with Gasteiger partial charge >= 0.3 is 5.97 Å². The zero-order valence-electron chi connectivity index (χ0n) is 4.91. The molecule has 1 unspecified atom stereocenters. The Bertz CT molecular complexity index is 131. The van der Waals surface area contributed by atoms with Crippen molar-refractivity contribution in [3.8, 4) is 0 Å². The van der Waals surface area contributed by atoms with Gasteiger partial charge in [0.1, 0.15) is 0 Å². The van der Waals surface area contributed by atoms with E-state index in [4.69, 9.17) is 0 Å². The molecule has 0 radical (unpaired) electrons. The van der Waals surface area contributed by atoms with Crippen LogP contribution >= 0.6 is 12.6 Å². The Morgan fingerprint density at radius 1 is 1.67 bits per heavy atom. The molecule has 2 nitrogen and oxygen atoms in total. The van der Waals surface area contributed by atoms with Crippen molar-refractivity contribution >= 4 is 18.6 Å². The van der Waals surface area contributed by atoms with Gasteiger partial charge in [-0.1, -0.05) is 13.2 Å². The molecule has 0 aliphatic carbocycles. The van der Waals surface area contributed by atoms with E-state index in [1.807, 2.05) is 0 Å². The molecule has 0 aromatic rings. The summed E-state index contributed by atoms with van der Waals surface area (Å²) in [4.78, 5) is 10.3. The lowest BCUT2D eigenvalue weighted by molar-refractivity contribution is -0.137. The number of carbonyl (C=O) groups is 1. The van der Waals surface area contributed by atoms with Gasteiger partial charge in [-0.2, -0.15) is 0 Å². The third-order valence-electron chi connectivity index (χ3n) is 0.605. The number of thiol groups is 1.